The highest BCUT2D eigenvalue weighted by Gasteiger charge is 2.26. The van der Waals surface area contributed by atoms with Crippen molar-refractivity contribution in [2.24, 2.45) is 0 Å². The first kappa shape index (κ1) is 18.8. The Kier molecular flexibility index (Phi) is 5.66. The predicted molar refractivity (Wildman–Crippen MR) is 99.7 cm³/mol. The highest BCUT2D eigenvalue weighted by atomic mass is 19.1. The van der Waals surface area contributed by atoms with Crippen molar-refractivity contribution in [3.8, 4) is 0 Å². The second-order valence-corrected chi connectivity index (χ2v) is 6.68. The summed E-state index contributed by atoms with van der Waals surface area (Å²) >= 11 is 0. The smallest absolute Gasteiger partial charge is 0.295 e. The van der Waals surface area contributed by atoms with E-state index in [2.05, 4.69) is 22.3 Å². The standard InChI is InChI=1S/C19H21FN4O3/c20-14-9-16(18(21)17(10-14)24(26)27)19(25)22-15-7-4-8-23(12-15)11-13-5-2-1-3-6-13/h1-3,5-6,9-10,15H,4,7-8,11-12,21H2,(H,22,25). The molecule has 7 nitrogen and oxygen atoms in total. The van der Waals surface area contributed by atoms with Crippen LogP contribution < -0.4 is 11.1 Å². The van der Waals surface area contributed by atoms with Crippen molar-refractivity contribution in [3.05, 3.63) is 69.5 Å². The molecular weight excluding hydrogens is 351 g/mol. The normalized spacial score (nSPS) is 17.4. The zero-order chi connectivity index (χ0) is 19.4. The quantitative estimate of drug-likeness (QED) is 0.477. The van der Waals surface area contributed by atoms with E-state index < -0.39 is 22.3 Å². The molecule has 1 saturated heterocycles. The molecule has 0 aromatic heterocycles. The fourth-order valence-corrected chi connectivity index (χ4v) is 3.36. The lowest BCUT2D eigenvalue weighted by molar-refractivity contribution is -0.384. The Balaban J connectivity index is 1.68. The topological polar surface area (TPSA) is 102 Å². The van der Waals surface area contributed by atoms with Crippen LogP contribution in [0.15, 0.2) is 42.5 Å². The average Bonchev–Trinajstić information content (AvgIpc) is 2.64. The van der Waals surface area contributed by atoms with Crippen LogP contribution in [0.2, 0.25) is 0 Å². The number of carbonyl (C=O) groups excluding carboxylic acids is 1. The fourth-order valence-electron chi connectivity index (χ4n) is 3.36. The van der Waals surface area contributed by atoms with E-state index in [1.807, 2.05) is 18.2 Å². The van der Waals surface area contributed by atoms with Gasteiger partial charge in [0.2, 0.25) is 0 Å². The van der Waals surface area contributed by atoms with E-state index in [-0.39, 0.29) is 17.3 Å². The van der Waals surface area contributed by atoms with E-state index in [0.717, 1.165) is 32.0 Å². The van der Waals surface area contributed by atoms with Crippen LogP contribution in [0, 0.1) is 15.9 Å². The van der Waals surface area contributed by atoms with Crippen LogP contribution in [0.4, 0.5) is 15.8 Å². The molecule has 2 aromatic rings. The number of nitro benzene ring substituents is 1. The third-order valence-corrected chi connectivity index (χ3v) is 4.65. The Labute approximate surface area is 156 Å². The van der Waals surface area contributed by atoms with Gasteiger partial charge in [-0.1, -0.05) is 30.3 Å². The summed E-state index contributed by atoms with van der Waals surface area (Å²) in [6.07, 6.45) is 1.70. The number of amides is 1. The minimum Gasteiger partial charge on any atom is -0.393 e. The van der Waals surface area contributed by atoms with Crippen molar-refractivity contribution in [2.45, 2.75) is 25.4 Å². The van der Waals surface area contributed by atoms with Gasteiger partial charge >= 0.3 is 0 Å². The Bertz CT molecular complexity index is 844. The minimum atomic E-state index is -0.865. The molecule has 1 aliphatic rings. The van der Waals surface area contributed by atoms with E-state index in [4.69, 9.17) is 5.73 Å². The number of anilines is 1. The van der Waals surface area contributed by atoms with Gasteiger partial charge in [-0.3, -0.25) is 19.8 Å². The number of benzene rings is 2. The first-order valence-corrected chi connectivity index (χ1v) is 8.74. The molecule has 27 heavy (non-hydrogen) atoms. The van der Waals surface area contributed by atoms with Gasteiger partial charge in [0.1, 0.15) is 11.5 Å². The van der Waals surface area contributed by atoms with Gasteiger partial charge in [0, 0.05) is 19.1 Å². The molecule has 1 unspecified atom stereocenters. The number of likely N-dealkylation sites (tertiary alicyclic amines) is 1. The van der Waals surface area contributed by atoms with Crippen molar-refractivity contribution in [3.63, 3.8) is 0 Å². The molecule has 1 heterocycles. The summed E-state index contributed by atoms with van der Waals surface area (Å²) in [5.74, 6) is -1.46. The lowest BCUT2D eigenvalue weighted by Crippen LogP contribution is -2.47. The predicted octanol–water partition coefficient (Wildman–Crippen LogP) is 2.71. The second-order valence-electron chi connectivity index (χ2n) is 6.68. The minimum absolute atomic E-state index is 0.128. The van der Waals surface area contributed by atoms with Gasteiger partial charge in [0.15, 0.2) is 0 Å². The number of rotatable bonds is 5. The highest BCUT2D eigenvalue weighted by Crippen LogP contribution is 2.27. The van der Waals surface area contributed by atoms with Crippen molar-refractivity contribution < 1.29 is 14.1 Å². The number of hydrogen-bond donors (Lipinski definition) is 2. The van der Waals surface area contributed by atoms with Gasteiger partial charge in [-0.2, -0.15) is 0 Å². The van der Waals surface area contributed by atoms with Crippen LogP contribution in [0.1, 0.15) is 28.8 Å². The second kappa shape index (κ2) is 8.13. The summed E-state index contributed by atoms with van der Waals surface area (Å²) < 4.78 is 13.7. The summed E-state index contributed by atoms with van der Waals surface area (Å²) in [5, 5.41) is 13.8. The summed E-state index contributed by atoms with van der Waals surface area (Å²) in [4.78, 5) is 24.9. The van der Waals surface area contributed by atoms with E-state index >= 15 is 0 Å². The van der Waals surface area contributed by atoms with Crippen molar-refractivity contribution in [1.82, 2.24) is 10.2 Å². The molecule has 3 rings (SSSR count). The zero-order valence-corrected chi connectivity index (χ0v) is 14.7. The number of nitrogens with one attached hydrogen (secondary N) is 1. The summed E-state index contributed by atoms with van der Waals surface area (Å²) in [5.41, 5.74) is 5.77. The highest BCUT2D eigenvalue weighted by molar-refractivity contribution is 6.01. The molecule has 1 fully saturated rings. The van der Waals surface area contributed by atoms with Crippen molar-refractivity contribution >= 4 is 17.3 Å². The number of nitrogens with zero attached hydrogens (tertiary/aromatic N) is 2. The monoisotopic (exact) mass is 372 g/mol. The Morgan fingerprint density at radius 3 is 2.78 bits per heavy atom. The maximum Gasteiger partial charge on any atom is 0.295 e. The zero-order valence-electron chi connectivity index (χ0n) is 14.7. The summed E-state index contributed by atoms with van der Waals surface area (Å²) in [6.45, 7) is 2.35. The fraction of sp³-hybridized carbons (Fsp3) is 0.316. The molecule has 0 radical (unpaired) electrons. The molecule has 1 atom stereocenters. The summed E-state index contributed by atoms with van der Waals surface area (Å²) in [6, 6.07) is 11.6. The number of nitrogen functional groups attached to an aromatic ring is 1. The van der Waals surface area contributed by atoms with Gasteiger partial charge in [-0.15, -0.1) is 0 Å². The lowest BCUT2D eigenvalue weighted by atomic mass is 10.0. The molecule has 2 aromatic carbocycles. The number of nitrogens with two attached hydrogens (primary N) is 1. The third-order valence-electron chi connectivity index (χ3n) is 4.65. The van der Waals surface area contributed by atoms with Crippen LogP contribution in [0.25, 0.3) is 0 Å². The Hall–Kier alpha value is -3.00. The molecular formula is C19H21FN4O3. The third kappa shape index (κ3) is 4.59. The Morgan fingerprint density at radius 2 is 2.07 bits per heavy atom. The molecule has 0 bridgehead atoms. The SMILES string of the molecule is Nc1c(C(=O)NC2CCCN(Cc3ccccc3)C2)cc(F)cc1[N+](=O)[O-]. The Morgan fingerprint density at radius 1 is 1.33 bits per heavy atom. The van der Waals surface area contributed by atoms with Gasteiger partial charge < -0.3 is 11.1 Å². The molecule has 142 valence electrons. The van der Waals surface area contributed by atoms with Crippen LogP contribution >= 0.6 is 0 Å². The van der Waals surface area contributed by atoms with Gasteiger partial charge in [-0.25, -0.2) is 4.39 Å². The molecule has 0 aliphatic carbocycles. The number of hydrogen-bond acceptors (Lipinski definition) is 5. The average molecular weight is 372 g/mol. The van der Waals surface area contributed by atoms with Gasteiger partial charge in [0.05, 0.1) is 16.6 Å². The van der Waals surface area contributed by atoms with Crippen LogP contribution in [-0.2, 0) is 6.54 Å². The van der Waals surface area contributed by atoms with Crippen LogP contribution in [-0.4, -0.2) is 34.9 Å². The van der Waals surface area contributed by atoms with Crippen LogP contribution in [0.3, 0.4) is 0 Å². The van der Waals surface area contributed by atoms with E-state index in [1.54, 1.807) is 0 Å². The molecule has 0 spiro atoms. The summed E-state index contributed by atoms with van der Waals surface area (Å²) in [7, 11) is 0. The number of carbonyl (C=O) groups is 1. The molecule has 3 N–H and O–H groups in total. The van der Waals surface area contributed by atoms with Gasteiger partial charge in [0.25, 0.3) is 11.6 Å². The van der Waals surface area contributed by atoms with Gasteiger partial charge in [-0.05, 0) is 31.0 Å². The molecule has 8 heteroatoms. The largest absolute Gasteiger partial charge is 0.393 e. The lowest BCUT2D eigenvalue weighted by Gasteiger charge is -2.33. The van der Waals surface area contributed by atoms with Crippen molar-refractivity contribution in [2.75, 3.05) is 18.8 Å². The molecule has 0 saturated carbocycles. The first-order chi connectivity index (χ1) is 12.9. The van der Waals surface area contributed by atoms with Crippen LogP contribution in [0.5, 0.6) is 0 Å². The van der Waals surface area contributed by atoms with E-state index in [1.165, 1.54) is 5.56 Å². The number of halogens is 1. The van der Waals surface area contributed by atoms with Crippen molar-refractivity contribution in [1.29, 1.82) is 0 Å². The van der Waals surface area contributed by atoms with E-state index in [0.29, 0.717) is 12.6 Å². The van der Waals surface area contributed by atoms with E-state index in [9.17, 15) is 19.3 Å². The molecule has 1 amide bonds. The maximum absolute atomic E-state index is 13.7. The number of nitro groups is 1. The maximum atomic E-state index is 13.7. The molecule has 1 aliphatic heterocycles. The first-order valence-electron chi connectivity index (χ1n) is 8.74. The number of piperidine rings is 1.